The molecule has 6 N–H and O–H groups in total. The summed E-state index contributed by atoms with van der Waals surface area (Å²) in [4.78, 5) is 23.0. The highest BCUT2D eigenvalue weighted by molar-refractivity contribution is 5.95. The van der Waals surface area contributed by atoms with Crippen LogP contribution in [-0.4, -0.2) is 30.7 Å². The summed E-state index contributed by atoms with van der Waals surface area (Å²) in [6.45, 7) is 10.4. The lowest BCUT2D eigenvalue weighted by Crippen LogP contribution is -2.32. The summed E-state index contributed by atoms with van der Waals surface area (Å²) < 4.78 is 5.22. The van der Waals surface area contributed by atoms with Crippen molar-refractivity contribution >= 4 is 23.4 Å². The van der Waals surface area contributed by atoms with Gasteiger partial charge in [-0.25, -0.2) is 4.79 Å². The third kappa shape index (κ3) is 8.02. The van der Waals surface area contributed by atoms with Gasteiger partial charge >= 0.3 is 6.09 Å². The predicted octanol–water partition coefficient (Wildman–Crippen LogP) is 3.34. The fourth-order valence-corrected chi connectivity index (χ4v) is 2.58. The van der Waals surface area contributed by atoms with Gasteiger partial charge in [-0.2, -0.15) is 0 Å². The molecule has 0 saturated heterocycles. The standard InChI is InChI=1S/C20H32N4O3/c1-6-7-14(8-9-23-19(26)27-20(3,4)5)12-24-17-13(2)10-15(18(22)25)11-16(17)21/h8,10-11,24H,6-7,9,12,21H2,1-5H3,(H2,22,25)(H,23,26)/b14-8+. The van der Waals surface area contributed by atoms with Crippen LogP contribution >= 0.6 is 0 Å². The maximum Gasteiger partial charge on any atom is 0.407 e. The van der Waals surface area contributed by atoms with Crippen molar-refractivity contribution in [3.63, 3.8) is 0 Å². The highest BCUT2D eigenvalue weighted by atomic mass is 16.6. The molecule has 0 aliphatic heterocycles. The Bertz CT molecular complexity index is 683. The van der Waals surface area contributed by atoms with Crippen LogP contribution in [0.5, 0.6) is 0 Å². The van der Waals surface area contributed by atoms with Gasteiger partial charge in [0.15, 0.2) is 0 Å². The molecule has 150 valence electrons. The van der Waals surface area contributed by atoms with Gasteiger partial charge in [-0.15, -0.1) is 0 Å². The van der Waals surface area contributed by atoms with Crippen molar-refractivity contribution in [1.29, 1.82) is 0 Å². The molecule has 0 radical (unpaired) electrons. The number of hydrogen-bond acceptors (Lipinski definition) is 5. The van der Waals surface area contributed by atoms with Crippen molar-refractivity contribution in [3.8, 4) is 0 Å². The molecule has 0 saturated carbocycles. The van der Waals surface area contributed by atoms with Crippen molar-refractivity contribution in [2.24, 2.45) is 5.73 Å². The molecule has 0 heterocycles. The minimum Gasteiger partial charge on any atom is -0.444 e. The molecular weight excluding hydrogens is 344 g/mol. The summed E-state index contributed by atoms with van der Waals surface area (Å²) in [5.41, 5.74) is 14.5. The zero-order valence-electron chi connectivity index (χ0n) is 16.9. The summed E-state index contributed by atoms with van der Waals surface area (Å²) in [5, 5.41) is 6.05. The van der Waals surface area contributed by atoms with Gasteiger partial charge in [0.25, 0.3) is 0 Å². The van der Waals surface area contributed by atoms with Crippen LogP contribution in [0.2, 0.25) is 0 Å². The molecule has 0 fully saturated rings. The van der Waals surface area contributed by atoms with E-state index < -0.39 is 17.6 Å². The molecule has 1 aromatic rings. The third-order valence-corrected chi connectivity index (χ3v) is 3.75. The van der Waals surface area contributed by atoms with Gasteiger partial charge < -0.3 is 26.8 Å². The SMILES string of the molecule is CCC/C(=C\CNC(=O)OC(C)(C)C)CNc1c(C)cc(C(N)=O)cc1N. The maximum absolute atomic E-state index is 11.7. The zero-order valence-corrected chi connectivity index (χ0v) is 16.9. The summed E-state index contributed by atoms with van der Waals surface area (Å²) >= 11 is 0. The number of hydrogen-bond donors (Lipinski definition) is 4. The van der Waals surface area contributed by atoms with Gasteiger partial charge in [-0.1, -0.05) is 25.0 Å². The molecule has 7 heteroatoms. The first-order valence-electron chi connectivity index (χ1n) is 9.12. The van der Waals surface area contributed by atoms with Crippen molar-refractivity contribution in [3.05, 3.63) is 34.9 Å². The number of aryl methyl sites for hydroxylation is 1. The van der Waals surface area contributed by atoms with Crippen LogP contribution in [0.4, 0.5) is 16.2 Å². The molecule has 0 atom stereocenters. The fourth-order valence-electron chi connectivity index (χ4n) is 2.58. The van der Waals surface area contributed by atoms with Gasteiger partial charge in [0.05, 0.1) is 11.4 Å². The van der Waals surface area contributed by atoms with E-state index in [2.05, 4.69) is 17.6 Å². The Morgan fingerprint density at radius 3 is 2.44 bits per heavy atom. The monoisotopic (exact) mass is 376 g/mol. The van der Waals surface area contributed by atoms with Crippen molar-refractivity contribution < 1.29 is 14.3 Å². The highest BCUT2D eigenvalue weighted by Gasteiger charge is 2.15. The van der Waals surface area contributed by atoms with Crippen molar-refractivity contribution in [2.75, 3.05) is 24.1 Å². The molecule has 27 heavy (non-hydrogen) atoms. The minimum atomic E-state index is -0.520. The smallest absolute Gasteiger partial charge is 0.407 e. The Labute approximate surface area is 161 Å². The van der Waals surface area contributed by atoms with E-state index in [-0.39, 0.29) is 0 Å². The third-order valence-electron chi connectivity index (χ3n) is 3.75. The Kier molecular flexibility index (Phi) is 8.15. The minimum absolute atomic E-state index is 0.390. The molecule has 0 bridgehead atoms. The fraction of sp³-hybridized carbons (Fsp3) is 0.500. The number of rotatable bonds is 8. The number of nitrogens with one attached hydrogen (secondary N) is 2. The number of primary amides is 1. The van der Waals surface area contributed by atoms with Crippen LogP contribution in [0.1, 0.15) is 56.5 Å². The van der Waals surface area contributed by atoms with Gasteiger partial charge in [-0.05, 0) is 51.8 Å². The summed E-state index contributed by atoms with van der Waals surface area (Å²) in [6, 6.07) is 3.29. The van der Waals surface area contributed by atoms with Crippen LogP contribution in [0.15, 0.2) is 23.8 Å². The average molecular weight is 377 g/mol. The summed E-state index contributed by atoms with van der Waals surface area (Å²) in [6.07, 6.45) is 3.41. The average Bonchev–Trinajstić information content (AvgIpc) is 2.51. The molecule has 2 amide bonds. The topological polar surface area (TPSA) is 119 Å². The van der Waals surface area contributed by atoms with Crippen molar-refractivity contribution in [1.82, 2.24) is 5.32 Å². The maximum atomic E-state index is 11.7. The molecule has 0 aromatic heterocycles. The number of anilines is 2. The van der Waals surface area contributed by atoms with E-state index in [9.17, 15) is 9.59 Å². The first kappa shape index (κ1) is 22.3. The number of ether oxygens (including phenoxy) is 1. The van der Waals surface area contributed by atoms with Gasteiger partial charge in [0, 0.05) is 18.7 Å². The number of amides is 2. The highest BCUT2D eigenvalue weighted by Crippen LogP contribution is 2.25. The van der Waals surface area contributed by atoms with Gasteiger partial charge in [0.1, 0.15) is 5.60 Å². The first-order chi connectivity index (χ1) is 12.5. The Morgan fingerprint density at radius 1 is 1.26 bits per heavy atom. The number of nitrogen functional groups attached to an aromatic ring is 1. The number of benzene rings is 1. The second kappa shape index (κ2) is 9.85. The quantitative estimate of drug-likeness (QED) is 0.410. The molecule has 0 unspecified atom stereocenters. The first-order valence-corrected chi connectivity index (χ1v) is 9.12. The lowest BCUT2D eigenvalue weighted by atomic mass is 10.1. The summed E-state index contributed by atoms with van der Waals surface area (Å²) in [7, 11) is 0. The molecule has 0 aliphatic rings. The molecular formula is C20H32N4O3. The van der Waals surface area contributed by atoms with Gasteiger partial charge in [-0.3, -0.25) is 4.79 Å². The van der Waals surface area contributed by atoms with Crippen LogP contribution in [0.3, 0.4) is 0 Å². The van der Waals surface area contributed by atoms with E-state index in [1.54, 1.807) is 12.1 Å². The number of nitrogens with two attached hydrogens (primary N) is 2. The van der Waals surface area contributed by atoms with E-state index in [1.165, 1.54) is 0 Å². The number of alkyl carbamates (subject to hydrolysis) is 1. The lowest BCUT2D eigenvalue weighted by molar-refractivity contribution is 0.0534. The van der Waals surface area contributed by atoms with E-state index >= 15 is 0 Å². The Morgan fingerprint density at radius 2 is 1.93 bits per heavy atom. The van der Waals surface area contributed by atoms with E-state index in [4.69, 9.17) is 16.2 Å². The van der Waals surface area contributed by atoms with Gasteiger partial charge in [0.2, 0.25) is 5.91 Å². The van der Waals surface area contributed by atoms with Crippen LogP contribution in [-0.2, 0) is 4.74 Å². The van der Waals surface area contributed by atoms with E-state index in [0.717, 1.165) is 29.7 Å². The Hall–Kier alpha value is -2.70. The molecule has 7 nitrogen and oxygen atoms in total. The molecule has 0 aliphatic carbocycles. The van der Waals surface area contributed by atoms with Crippen LogP contribution in [0.25, 0.3) is 0 Å². The molecule has 1 aromatic carbocycles. The van der Waals surface area contributed by atoms with E-state index in [1.807, 2.05) is 33.8 Å². The zero-order chi connectivity index (χ0) is 20.6. The number of carbonyl (C=O) groups is 2. The summed E-state index contributed by atoms with van der Waals surface area (Å²) in [5.74, 6) is -0.504. The molecule has 1 rings (SSSR count). The Balaban J connectivity index is 2.73. The second-order valence-corrected chi connectivity index (χ2v) is 7.47. The normalized spacial score (nSPS) is 11.8. The van der Waals surface area contributed by atoms with Crippen molar-refractivity contribution in [2.45, 2.75) is 53.1 Å². The predicted molar refractivity (Wildman–Crippen MR) is 110 cm³/mol. The largest absolute Gasteiger partial charge is 0.444 e. The molecule has 0 spiro atoms. The van der Waals surface area contributed by atoms with Crippen LogP contribution < -0.4 is 22.1 Å². The van der Waals surface area contributed by atoms with E-state index in [0.29, 0.717) is 24.3 Å². The van der Waals surface area contributed by atoms with Crippen LogP contribution in [0, 0.1) is 6.92 Å². The number of carbonyl (C=O) groups excluding carboxylic acids is 2. The second-order valence-electron chi connectivity index (χ2n) is 7.47. The lowest BCUT2D eigenvalue weighted by Gasteiger charge is -2.19.